The number of carbonyl (C=O) groups is 2. The Hall–Kier alpha value is -2.50. The highest BCUT2D eigenvalue weighted by molar-refractivity contribution is 7.91. The van der Waals surface area contributed by atoms with E-state index < -0.39 is 15.4 Å². The number of ether oxygens (including phenoxy) is 1. The summed E-state index contributed by atoms with van der Waals surface area (Å²) in [5.74, 6) is 0.746. The van der Waals surface area contributed by atoms with Crippen molar-refractivity contribution in [3.8, 4) is 0 Å². The number of piperidine rings is 1. The van der Waals surface area contributed by atoms with Crippen molar-refractivity contribution >= 4 is 38.3 Å². The maximum atomic E-state index is 12.7. The van der Waals surface area contributed by atoms with Gasteiger partial charge in [-0.15, -0.1) is 11.3 Å². The molecular weight excluding hydrogens is 548 g/mol. The van der Waals surface area contributed by atoms with E-state index in [0.717, 1.165) is 37.2 Å². The Bertz CT molecular complexity index is 1310. The highest BCUT2D eigenvalue weighted by Crippen LogP contribution is 2.43. The highest BCUT2D eigenvalue weighted by atomic mass is 32.2. The molecule has 40 heavy (non-hydrogen) atoms. The zero-order chi connectivity index (χ0) is 29.2. The molecule has 0 bridgehead atoms. The lowest BCUT2D eigenvalue weighted by Gasteiger charge is -2.36. The summed E-state index contributed by atoms with van der Waals surface area (Å²) < 4.78 is 29.6. The van der Waals surface area contributed by atoms with Crippen LogP contribution >= 0.6 is 11.3 Å². The number of amides is 2. The van der Waals surface area contributed by atoms with Crippen LogP contribution in [-0.4, -0.2) is 66.2 Å². The Morgan fingerprint density at radius 2 is 1.80 bits per heavy atom. The van der Waals surface area contributed by atoms with Gasteiger partial charge in [0.05, 0.1) is 28.8 Å². The first-order chi connectivity index (χ1) is 18.8. The van der Waals surface area contributed by atoms with E-state index in [1.54, 1.807) is 31.2 Å². The van der Waals surface area contributed by atoms with E-state index in [1.165, 1.54) is 16.2 Å². The number of rotatable bonds is 8. The predicted molar refractivity (Wildman–Crippen MR) is 157 cm³/mol. The van der Waals surface area contributed by atoms with Crippen LogP contribution in [0.2, 0.25) is 0 Å². The molecule has 1 saturated heterocycles. The highest BCUT2D eigenvalue weighted by Gasteiger charge is 2.38. The van der Waals surface area contributed by atoms with Gasteiger partial charge in [-0.05, 0) is 63.1 Å². The van der Waals surface area contributed by atoms with Gasteiger partial charge in [0.1, 0.15) is 5.60 Å². The molecule has 2 amide bonds. The molecule has 220 valence electrons. The van der Waals surface area contributed by atoms with Gasteiger partial charge < -0.3 is 15.0 Å². The van der Waals surface area contributed by atoms with Gasteiger partial charge in [0, 0.05) is 31.1 Å². The summed E-state index contributed by atoms with van der Waals surface area (Å²) >= 11 is 1.53. The minimum atomic E-state index is -3.26. The summed E-state index contributed by atoms with van der Waals surface area (Å²) in [4.78, 5) is 35.8. The van der Waals surface area contributed by atoms with Crippen molar-refractivity contribution in [2.45, 2.75) is 83.9 Å². The topological polar surface area (TPSA) is 109 Å². The minimum absolute atomic E-state index is 0.0453. The van der Waals surface area contributed by atoms with Crippen molar-refractivity contribution in [3.63, 3.8) is 0 Å². The van der Waals surface area contributed by atoms with Crippen molar-refractivity contribution in [2.24, 2.45) is 11.8 Å². The molecular formula is C29H42N4O5S2. The van der Waals surface area contributed by atoms with Crippen molar-refractivity contribution in [3.05, 3.63) is 40.4 Å². The third-order valence-corrected chi connectivity index (χ3v) is 10.1. The molecule has 0 saturated carbocycles. The fraction of sp³-hybridized carbons (Fsp3) is 0.621. The Morgan fingerprint density at radius 1 is 1.15 bits per heavy atom. The molecule has 0 aliphatic carbocycles. The summed E-state index contributed by atoms with van der Waals surface area (Å²) in [7, 11) is -3.26. The fourth-order valence-electron chi connectivity index (χ4n) is 5.42. The number of sulfone groups is 1. The third-order valence-electron chi connectivity index (χ3n) is 7.41. The van der Waals surface area contributed by atoms with Gasteiger partial charge in [-0.1, -0.05) is 32.9 Å². The molecule has 1 aromatic carbocycles. The van der Waals surface area contributed by atoms with Crippen LogP contribution < -0.4 is 5.32 Å². The van der Waals surface area contributed by atoms with Crippen LogP contribution in [0.1, 0.15) is 76.6 Å². The average molecular weight is 591 g/mol. The van der Waals surface area contributed by atoms with Crippen LogP contribution in [0, 0.1) is 11.8 Å². The molecule has 1 atom stereocenters. The van der Waals surface area contributed by atoms with E-state index in [0.29, 0.717) is 30.1 Å². The lowest BCUT2D eigenvalue weighted by Crippen LogP contribution is -2.43. The van der Waals surface area contributed by atoms with E-state index >= 15 is 0 Å². The number of hydrogen-bond acceptors (Lipinski definition) is 8. The van der Waals surface area contributed by atoms with E-state index in [9.17, 15) is 18.0 Å². The second-order valence-electron chi connectivity index (χ2n) is 12.1. The second-order valence-corrected chi connectivity index (χ2v) is 15.5. The summed E-state index contributed by atoms with van der Waals surface area (Å²) in [6.45, 7) is 14.9. The van der Waals surface area contributed by atoms with Crippen molar-refractivity contribution in [1.29, 1.82) is 0 Å². The van der Waals surface area contributed by atoms with Crippen molar-refractivity contribution in [1.82, 2.24) is 14.8 Å². The number of nitrogens with zero attached hydrogens (tertiary/aromatic N) is 3. The number of fused-ring (bicyclic) bond motifs is 1. The maximum Gasteiger partial charge on any atom is 0.410 e. The number of nitrogens with one attached hydrogen (secondary N) is 1. The summed E-state index contributed by atoms with van der Waals surface area (Å²) in [6, 6.07) is 6.68. The molecule has 1 fully saturated rings. The lowest BCUT2D eigenvalue weighted by atomic mass is 9.94. The summed E-state index contributed by atoms with van der Waals surface area (Å²) in [5, 5.41) is 3.55. The SMILES string of the molecule is CCS(=O)(=O)c1ccc(CC(=O)Nc2nc3c(s2)CN(CC2CCN(C(=O)OC(C)(C)C)CC2)[C@H]3C(C)C)cc1. The van der Waals surface area contributed by atoms with Gasteiger partial charge in [-0.3, -0.25) is 9.69 Å². The minimum Gasteiger partial charge on any atom is -0.444 e. The molecule has 2 aromatic rings. The van der Waals surface area contributed by atoms with Crippen LogP contribution in [0.25, 0.3) is 0 Å². The van der Waals surface area contributed by atoms with Gasteiger partial charge in [0.15, 0.2) is 15.0 Å². The first kappa shape index (κ1) is 30.5. The number of aromatic nitrogens is 1. The molecule has 11 heteroatoms. The molecule has 9 nitrogen and oxygen atoms in total. The van der Waals surface area contributed by atoms with Crippen LogP contribution in [-0.2, 0) is 32.3 Å². The number of anilines is 1. The summed E-state index contributed by atoms with van der Waals surface area (Å²) in [6.07, 6.45) is 1.83. The lowest BCUT2D eigenvalue weighted by molar-refractivity contribution is -0.115. The Balaban J connectivity index is 1.32. The van der Waals surface area contributed by atoms with Crippen LogP contribution in [0.15, 0.2) is 29.2 Å². The quantitative estimate of drug-likeness (QED) is 0.446. The van der Waals surface area contributed by atoms with Gasteiger partial charge in [0.25, 0.3) is 0 Å². The predicted octanol–water partition coefficient (Wildman–Crippen LogP) is 5.28. The number of carbonyl (C=O) groups excluding carboxylic acids is 2. The molecule has 2 aliphatic rings. The number of thiazole rings is 1. The molecule has 2 aliphatic heterocycles. The zero-order valence-corrected chi connectivity index (χ0v) is 26.0. The Kier molecular flexibility index (Phi) is 9.26. The molecule has 1 aromatic heterocycles. The molecule has 0 unspecified atom stereocenters. The standard InChI is InChI=1S/C29H42N4O5S2/c1-7-40(36,37)22-10-8-20(9-11-22)16-24(34)30-27-31-25-23(39-27)18-33(26(25)19(2)3)17-21-12-14-32(15-13-21)28(35)38-29(4,5)6/h8-11,19,21,26H,7,12-18H2,1-6H3,(H,30,31,34)/t26-/m0/s1. The molecule has 1 N–H and O–H groups in total. The van der Waals surface area contributed by atoms with Crippen LogP contribution in [0.5, 0.6) is 0 Å². The Labute approximate surface area is 242 Å². The maximum absolute atomic E-state index is 12.7. The fourth-order valence-corrected chi connectivity index (χ4v) is 7.35. The smallest absolute Gasteiger partial charge is 0.410 e. The normalized spacial score (nSPS) is 18.7. The van der Waals surface area contributed by atoms with Crippen LogP contribution in [0.4, 0.5) is 9.93 Å². The van der Waals surface area contributed by atoms with Gasteiger partial charge in [-0.2, -0.15) is 0 Å². The first-order valence-corrected chi connectivity index (χ1v) is 16.6. The second kappa shape index (κ2) is 12.2. The van der Waals surface area contributed by atoms with Crippen molar-refractivity contribution < 1.29 is 22.7 Å². The van der Waals surface area contributed by atoms with Gasteiger partial charge in [-0.25, -0.2) is 18.2 Å². The number of benzene rings is 1. The van der Waals surface area contributed by atoms with Gasteiger partial charge >= 0.3 is 6.09 Å². The third kappa shape index (κ3) is 7.41. The van der Waals surface area contributed by atoms with Crippen LogP contribution in [0.3, 0.4) is 0 Å². The molecule has 3 heterocycles. The number of likely N-dealkylation sites (tertiary alicyclic amines) is 1. The largest absolute Gasteiger partial charge is 0.444 e. The monoisotopic (exact) mass is 590 g/mol. The van der Waals surface area contributed by atoms with E-state index in [1.807, 2.05) is 25.7 Å². The molecule has 4 rings (SSSR count). The van der Waals surface area contributed by atoms with Gasteiger partial charge in [0.2, 0.25) is 5.91 Å². The summed E-state index contributed by atoms with van der Waals surface area (Å²) in [5.41, 5.74) is 1.32. The van der Waals surface area contributed by atoms with E-state index in [2.05, 4.69) is 24.1 Å². The molecule has 0 spiro atoms. The molecule has 0 radical (unpaired) electrons. The number of hydrogen-bond donors (Lipinski definition) is 1. The van der Waals surface area contributed by atoms with Crippen molar-refractivity contribution in [2.75, 3.05) is 30.7 Å². The first-order valence-electron chi connectivity index (χ1n) is 14.1. The Morgan fingerprint density at radius 3 is 2.38 bits per heavy atom. The van der Waals surface area contributed by atoms with E-state index in [4.69, 9.17) is 9.72 Å². The zero-order valence-electron chi connectivity index (χ0n) is 24.4. The average Bonchev–Trinajstić information content (AvgIpc) is 3.39. The van der Waals surface area contributed by atoms with E-state index in [-0.39, 0.29) is 35.1 Å².